The molecule has 18 heavy (non-hydrogen) atoms. The van der Waals surface area contributed by atoms with Gasteiger partial charge in [0.2, 0.25) is 5.91 Å². The van der Waals surface area contributed by atoms with Crippen LogP contribution in [0.15, 0.2) is 0 Å². The van der Waals surface area contributed by atoms with Gasteiger partial charge in [-0.15, -0.1) is 0 Å². The zero-order valence-corrected chi connectivity index (χ0v) is 11.5. The molecule has 4 nitrogen and oxygen atoms in total. The summed E-state index contributed by atoms with van der Waals surface area (Å²) in [5.41, 5.74) is -0.0418. The molecule has 2 saturated heterocycles. The minimum Gasteiger partial charge on any atom is -0.323 e. The van der Waals surface area contributed by atoms with E-state index in [0.717, 1.165) is 38.4 Å². The van der Waals surface area contributed by atoms with Gasteiger partial charge in [0.1, 0.15) is 0 Å². The minimum absolute atomic E-state index is 0.0295. The van der Waals surface area contributed by atoms with Gasteiger partial charge in [-0.25, -0.2) is 0 Å². The first-order chi connectivity index (χ1) is 8.62. The number of hydrogen-bond acceptors (Lipinski definition) is 3. The average Bonchev–Trinajstić information content (AvgIpc) is 3.13. The quantitative estimate of drug-likeness (QED) is 0.784. The van der Waals surface area contributed by atoms with Gasteiger partial charge >= 0.3 is 0 Å². The predicted molar refractivity (Wildman–Crippen MR) is 71.0 cm³/mol. The Kier molecular flexibility index (Phi) is 3.10. The van der Waals surface area contributed by atoms with Crippen LogP contribution in [0.25, 0.3) is 0 Å². The molecule has 2 heterocycles. The number of nitrogens with one attached hydrogen (secondary N) is 2. The Labute approximate surface area is 109 Å². The zero-order valence-electron chi connectivity index (χ0n) is 11.5. The summed E-state index contributed by atoms with van der Waals surface area (Å²) in [7, 11) is 0. The van der Waals surface area contributed by atoms with E-state index in [4.69, 9.17) is 0 Å². The van der Waals surface area contributed by atoms with Crippen LogP contribution in [-0.2, 0) is 4.79 Å². The fraction of sp³-hybridized carbons (Fsp3) is 0.929. The van der Waals surface area contributed by atoms with E-state index in [2.05, 4.69) is 29.4 Å². The van der Waals surface area contributed by atoms with E-state index in [9.17, 15) is 4.79 Å². The van der Waals surface area contributed by atoms with E-state index in [1.54, 1.807) is 0 Å². The Bertz CT molecular complexity index is 332. The molecule has 102 valence electrons. The maximum Gasteiger partial charge on any atom is 0.241 e. The molecule has 3 aliphatic rings. The second kappa shape index (κ2) is 4.49. The molecule has 0 radical (unpaired) electrons. The molecule has 1 spiro atoms. The van der Waals surface area contributed by atoms with Gasteiger partial charge in [-0.05, 0) is 50.6 Å². The molecular weight excluding hydrogens is 226 g/mol. The normalized spacial score (nSPS) is 31.6. The topological polar surface area (TPSA) is 44.4 Å². The summed E-state index contributed by atoms with van der Waals surface area (Å²) in [6.07, 6.45) is 4.72. The summed E-state index contributed by atoms with van der Waals surface area (Å²) < 4.78 is 0. The summed E-state index contributed by atoms with van der Waals surface area (Å²) in [6, 6.07) is 0.0295. The highest BCUT2D eigenvalue weighted by molar-refractivity contribution is 5.85. The largest absolute Gasteiger partial charge is 0.323 e. The lowest BCUT2D eigenvalue weighted by Crippen LogP contribution is -2.58. The van der Waals surface area contributed by atoms with Crippen molar-refractivity contribution in [2.75, 3.05) is 19.6 Å². The molecule has 1 saturated carbocycles. The molecule has 0 aromatic heterocycles. The van der Waals surface area contributed by atoms with Gasteiger partial charge in [0, 0.05) is 6.54 Å². The van der Waals surface area contributed by atoms with Crippen molar-refractivity contribution in [3.63, 3.8) is 0 Å². The standard InChI is InChI=1S/C14H25N3O/c1-10(2)12-13(18)17(9-11-3-4-11)14(16-12)5-7-15-8-6-14/h10-12,15-16H,3-9H2,1-2H3. The van der Waals surface area contributed by atoms with Gasteiger partial charge in [-0.1, -0.05) is 13.8 Å². The molecule has 0 aromatic rings. The molecule has 1 amide bonds. The third-order valence-corrected chi connectivity index (χ3v) is 4.71. The smallest absolute Gasteiger partial charge is 0.241 e. The molecule has 2 aliphatic heterocycles. The van der Waals surface area contributed by atoms with Gasteiger partial charge in [0.15, 0.2) is 0 Å². The number of piperidine rings is 1. The number of carbonyl (C=O) groups excluding carboxylic acids is 1. The van der Waals surface area contributed by atoms with Crippen LogP contribution in [0.3, 0.4) is 0 Å². The van der Waals surface area contributed by atoms with Gasteiger partial charge in [0.25, 0.3) is 0 Å². The van der Waals surface area contributed by atoms with E-state index in [1.807, 2.05) is 0 Å². The molecular formula is C14H25N3O. The van der Waals surface area contributed by atoms with Crippen LogP contribution in [0.1, 0.15) is 39.5 Å². The molecule has 3 rings (SSSR count). The summed E-state index contributed by atoms with van der Waals surface area (Å²) in [4.78, 5) is 14.8. The lowest BCUT2D eigenvalue weighted by Gasteiger charge is -2.41. The maximum atomic E-state index is 12.6. The van der Waals surface area contributed by atoms with Gasteiger partial charge in [0.05, 0.1) is 11.7 Å². The Hall–Kier alpha value is -0.610. The first-order valence-corrected chi connectivity index (χ1v) is 7.42. The number of amides is 1. The minimum atomic E-state index is -0.0418. The first kappa shape index (κ1) is 12.4. The Morgan fingerprint density at radius 2 is 2.00 bits per heavy atom. The first-order valence-electron chi connectivity index (χ1n) is 7.42. The van der Waals surface area contributed by atoms with E-state index in [1.165, 1.54) is 12.8 Å². The monoisotopic (exact) mass is 251 g/mol. The third kappa shape index (κ3) is 2.05. The predicted octanol–water partition coefficient (Wildman–Crippen LogP) is 0.932. The highest BCUT2D eigenvalue weighted by atomic mass is 16.2. The second-order valence-electron chi connectivity index (χ2n) is 6.54. The van der Waals surface area contributed by atoms with Gasteiger partial charge < -0.3 is 10.2 Å². The van der Waals surface area contributed by atoms with Gasteiger partial charge in [-0.3, -0.25) is 10.1 Å². The van der Waals surface area contributed by atoms with Crippen LogP contribution in [-0.4, -0.2) is 42.1 Å². The van der Waals surface area contributed by atoms with E-state index >= 15 is 0 Å². The van der Waals surface area contributed by atoms with Crippen molar-refractivity contribution in [2.45, 2.75) is 51.2 Å². The van der Waals surface area contributed by atoms with Crippen molar-refractivity contribution in [3.05, 3.63) is 0 Å². The van der Waals surface area contributed by atoms with Crippen molar-refractivity contribution < 1.29 is 4.79 Å². The van der Waals surface area contributed by atoms with Crippen LogP contribution >= 0.6 is 0 Å². The highest BCUT2D eigenvalue weighted by Crippen LogP contribution is 2.37. The zero-order chi connectivity index (χ0) is 12.8. The number of nitrogens with zero attached hydrogens (tertiary/aromatic N) is 1. The van der Waals surface area contributed by atoms with E-state index in [0.29, 0.717) is 11.8 Å². The van der Waals surface area contributed by atoms with Crippen LogP contribution < -0.4 is 10.6 Å². The van der Waals surface area contributed by atoms with E-state index in [-0.39, 0.29) is 11.7 Å². The van der Waals surface area contributed by atoms with Crippen molar-refractivity contribution >= 4 is 5.91 Å². The molecule has 0 bridgehead atoms. The number of rotatable bonds is 3. The van der Waals surface area contributed by atoms with Crippen molar-refractivity contribution in [2.24, 2.45) is 11.8 Å². The summed E-state index contributed by atoms with van der Waals surface area (Å²) in [6.45, 7) is 7.31. The third-order valence-electron chi connectivity index (χ3n) is 4.71. The fourth-order valence-corrected chi connectivity index (χ4v) is 3.34. The molecule has 1 unspecified atom stereocenters. The molecule has 2 N–H and O–H groups in total. The molecule has 1 atom stereocenters. The van der Waals surface area contributed by atoms with Gasteiger partial charge in [-0.2, -0.15) is 0 Å². The Balaban J connectivity index is 1.82. The summed E-state index contributed by atoms with van der Waals surface area (Å²) >= 11 is 0. The summed E-state index contributed by atoms with van der Waals surface area (Å²) in [5.74, 6) is 1.50. The average molecular weight is 251 g/mol. The lowest BCUT2D eigenvalue weighted by molar-refractivity contribution is -0.133. The molecule has 4 heteroatoms. The van der Waals surface area contributed by atoms with Crippen LogP contribution in [0.4, 0.5) is 0 Å². The molecule has 0 aromatic carbocycles. The maximum absolute atomic E-state index is 12.6. The lowest BCUT2D eigenvalue weighted by atomic mass is 9.96. The van der Waals surface area contributed by atoms with Crippen molar-refractivity contribution in [3.8, 4) is 0 Å². The Morgan fingerprint density at radius 3 is 2.56 bits per heavy atom. The second-order valence-corrected chi connectivity index (χ2v) is 6.54. The van der Waals surface area contributed by atoms with Crippen molar-refractivity contribution in [1.82, 2.24) is 15.5 Å². The molecule has 3 fully saturated rings. The van der Waals surface area contributed by atoms with Crippen LogP contribution in [0.2, 0.25) is 0 Å². The van der Waals surface area contributed by atoms with Crippen LogP contribution in [0.5, 0.6) is 0 Å². The Morgan fingerprint density at radius 1 is 1.33 bits per heavy atom. The number of hydrogen-bond donors (Lipinski definition) is 2. The summed E-state index contributed by atoms with van der Waals surface area (Å²) in [5, 5.41) is 7.08. The van der Waals surface area contributed by atoms with Crippen LogP contribution in [0, 0.1) is 11.8 Å². The highest BCUT2D eigenvalue weighted by Gasteiger charge is 2.52. The SMILES string of the molecule is CC(C)C1NC2(CCNCC2)N(CC2CC2)C1=O. The van der Waals surface area contributed by atoms with E-state index < -0.39 is 0 Å². The molecule has 1 aliphatic carbocycles. The number of carbonyl (C=O) groups is 1. The van der Waals surface area contributed by atoms with Crippen molar-refractivity contribution in [1.29, 1.82) is 0 Å². The fourth-order valence-electron chi connectivity index (χ4n) is 3.34.